The first-order valence-electron chi connectivity index (χ1n) is 10.6. The van der Waals surface area contributed by atoms with E-state index in [9.17, 15) is 4.79 Å². The van der Waals surface area contributed by atoms with Gasteiger partial charge in [0.25, 0.3) is 0 Å². The normalized spacial score (nSPS) is 28.9. The van der Waals surface area contributed by atoms with Crippen LogP contribution in [0.2, 0.25) is 0 Å². The summed E-state index contributed by atoms with van der Waals surface area (Å²) in [4.78, 5) is 19.7. The van der Waals surface area contributed by atoms with Crippen molar-refractivity contribution in [2.24, 2.45) is 21.6 Å². The molecule has 0 aromatic heterocycles. The summed E-state index contributed by atoms with van der Waals surface area (Å²) in [5, 5.41) is 8.29. The second-order valence-corrected chi connectivity index (χ2v) is 9.13. The number of carbonyl (C=O) groups is 1. The highest BCUT2D eigenvalue weighted by Crippen LogP contribution is 2.59. The van der Waals surface area contributed by atoms with Crippen molar-refractivity contribution in [2.45, 2.75) is 50.6 Å². The summed E-state index contributed by atoms with van der Waals surface area (Å²) in [6, 6.07) is 0. The molecule has 27 heavy (non-hydrogen) atoms. The molecule has 4 rings (SSSR count). The van der Waals surface area contributed by atoms with E-state index in [0.717, 1.165) is 31.8 Å². The van der Waals surface area contributed by atoms with E-state index >= 15 is 0 Å². The molecule has 4 aliphatic rings. The third kappa shape index (κ3) is 4.35. The van der Waals surface area contributed by atoms with E-state index < -0.39 is 0 Å². The summed E-state index contributed by atoms with van der Waals surface area (Å²) >= 11 is 0. The van der Waals surface area contributed by atoms with Crippen LogP contribution >= 0.6 is 0 Å². The predicted octanol–water partition coefficient (Wildman–Crippen LogP) is 2.22. The highest BCUT2D eigenvalue weighted by atomic mass is 16.2. The summed E-state index contributed by atoms with van der Waals surface area (Å²) < 4.78 is 0. The topological polar surface area (TPSA) is 51.5 Å². The van der Waals surface area contributed by atoms with Crippen molar-refractivity contribution < 1.29 is 4.79 Å². The Balaban J connectivity index is 1.16. The molecule has 148 valence electrons. The highest BCUT2D eigenvalue weighted by molar-refractivity contribution is 5.76. The van der Waals surface area contributed by atoms with Gasteiger partial charge in [-0.1, -0.05) is 0 Å². The average Bonchev–Trinajstić information content (AvgIpc) is 3.59. The largest absolute Gasteiger partial charge is 0.343 e. The molecule has 3 fully saturated rings. The number of carbonyl (C=O) groups excluding carboxylic acids is 1. The Morgan fingerprint density at radius 1 is 1.11 bits per heavy atom. The lowest BCUT2D eigenvalue weighted by Crippen LogP contribution is -2.46. The van der Waals surface area contributed by atoms with Crippen molar-refractivity contribution in [3.8, 4) is 12.3 Å². The van der Waals surface area contributed by atoms with Gasteiger partial charge >= 0.3 is 0 Å². The molecule has 0 aromatic carbocycles. The third-order valence-corrected chi connectivity index (χ3v) is 7.34. The quantitative estimate of drug-likeness (QED) is 0.645. The molecule has 3 heterocycles. The minimum Gasteiger partial charge on any atom is -0.343 e. The van der Waals surface area contributed by atoms with Gasteiger partial charge in [0.2, 0.25) is 5.91 Å². The van der Waals surface area contributed by atoms with Gasteiger partial charge in [-0.3, -0.25) is 4.79 Å². The number of amides is 1. The van der Waals surface area contributed by atoms with E-state index in [1.807, 2.05) is 0 Å². The van der Waals surface area contributed by atoms with Crippen LogP contribution in [0.5, 0.6) is 0 Å². The Morgan fingerprint density at radius 2 is 1.81 bits per heavy atom. The van der Waals surface area contributed by atoms with E-state index in [1.54, 1.807) is 0 Å². The lowest BCUT2D eigenvalue weighted by molar-refractivity contribution is -0.133. The highest BCUT2D eigenvalue weighted by Gasteiger charge is 2.55. The van der Waals surface area contributed by atoms with Crippen LogP contribution < -0.4 is 0 Å². The first-order chi connectivity index (χ1) is 13.0. The van der Waals surface area contributed by atoms with Crippen LogP contribution in [0, 0.1) is 23.7 Å². The van der Waals surface area contributed by atoms with Crippen LogP contribution in [-0.4, -0.2) is 79.1 Å². The Labute approximate surface area is 163 Å². The monoisotopic (exact) mass is 371 g/mol. The number of likely N-dealkylation sites (N-methyl/N-ethyl adjacent to an activating group) is 1. The zero-order chi connectivity index (χ0) is 18.9. The van der Waals surface area contributed by atoms with Gasteiger partial charge in [0.15, 0.2) is 5.66 Å². The number of likely N-dealkylation sites (tertiary alicyclic amines) is 1. The molecule has 1 unspecified atom stereocenters. The van der Waals surface area contributed by atoms with Crippen molar-refractivity contribution in [3.05, 3.63) is 0 Å². The lowest BCUT2D eigenvalue weighted by Gasteiger charge is -2.35. The lowest BCUT2D eigenvalue weighted by atomic mass is 9.90. The standard InChI is InChI=1S/C21H33N5O/c1-3-4-6-21(22-23-21)7-5-19(27)26-10-8-20(9-11-26)16-18(20)17-25-14-12-24(2)13-15-25/h1,18H,4-17H2,2H3. The summed E-state index contributed by atoms with van der Waals surface area (Å²) in [5.74, 6) is 3.78. The van der Waals surface area contributed by atoms with Crippen molar-refractivity contribution >= 4 is 5.91 Å². The van der Waals surface area contributed by atoms with Gasteiger partial charge in [-0.25, -0.2) is 0 Å². The number of hydrogen-bond donors (Lipinski definition) is 0. The SMILES string of the molecule is C#CCCC1(CCC(=O)N2CCC3(CC2)CC3CN2CCN(C)CC2)N=N1. The molecule has 1 amide bonds. The molecule has 0 radical (unpaired) electrons. The molecule has 1 spiro atoms. The summed E-state index contributed by atoms with van der Waals surface area (Å²) in [7, 11) is 2.21. The zero-order valence-corrected chi connectivity index (χ0v) is 16.7. The van der Waals surface area contributed by atoms with Crippen LogP contribution in [-0.2, 0) is 4.79 Å². The fourth-order valence-electron chi connectivity index (χ4n) is 4.98. The van der Waals surface area contributed by atoms with Crippen LogP contribution in [0.15, 0.2) is 10.2 Å². The minimum atomic E-state index is -0.330. The minimum absolute atomic E-state index is 0.276. The smallest absolute Gasteiger partial charge is 0.222 e. The molecular weight excluding hydrogens is 338 g/mol. The molecule has 1 atom stereocenters. The summed E-state index contributed by atoms with van der Waals surface area (Å²) in [6.45, 7) is 7.96. The number of terminal acetylenes is 1. The van der Waals surface area contributed by atoms with Crippen molar-refractivity contribution in [1.29, 1.82) is 0 Å². The second kappa shape index (κ2) is 7.52. The van der Waals surface area contributed by atoms with Crippen LogP contribution in [0.3, 0.4) is 0 Å². The first kappa shape index (κ1) is 18.9. The second-order valence-electron chi connectivity index (χ2n) is 9.13. The fourth-order valence-corrected chi connectivity index (χ4v) is 4.98. The predicted molar refractivity (Wildman–Crippen MR) is 105 cm³/mol. The van der Waals surface area contributed by atoms with E-state index in [2.05, 4.69) is 37.9 Å². The van der Waals surface area contributed by atoms with Crippen LogP contribution in [0.1, 0.15) is 44.9 Å². The summed E-state index contributed by atoms with van der Waals surface area (Å²) in [6.07, 6.45) is 11.8. The van der Waals surface area contributed by atoms with Gasteiger partial charge in [-0.2, -0.15) is 10.2 Å². The molecule has 2 saturated heterocycles. The number of piperazine rings is 1. The van der Waals surface area contributed by atoms with Crippen LogP contribution in [0.25, 0.3) is 0 Å². The van der Waals surface area contributed by atoms with Crippen molar-refractivity contribution in [2.75, 3.05) is 52.9 Å². The molecule has 0 bridgehead atoms. The maximum Gasteiger partial charge on any atom is 0.222 e. The Hall–Kier alpha value is -1.45. The molecule has 1 aliphatic carbocycles. The number of rotatable bonds is 7. The summed E-state index contributed by atoms with van der Waals surface area (Å²) in [5.41, 5.74) is 0.207. The van der Waals surface area contributed by atoms with E-state index in [1.165, 1.54) is 52.0 Å². The van der Waals surface area contributed by atoms with Gasteiger partial charge in [0.05, 0.1) is 0 Å². The zero-order valence-electron chi connectivity index (χ0n) is 16.7. The average molecular weight is 372 g/mol. The molecular formula is C21H33N5O. The van der Waals surface area contributed by atoms with Gasteiger partial charge in [0, 0.05) is 71.5 Å². The molecule has 3 aliphatic heterocycles. The van der Waals surface area contributed by atoms with Crippen molar-refractivity contribution in [3.63, 3.8) is 0 Å². The van der Waals surface area contributed by atoms with Gasteiger partial charge in [-0.15, -0.1) is 12.3 Å². The maximum atomic E-state index is 12.6. The molecule has 6 nitrogen and oxygen atoms in total. The number of nitrogens with zero attached hydrogens (tertiary/aromatic N) is 5. The maximum absolute atomic E-state index is 12.6. The Kier molecular flexibility index (Phi) is 5.26. The Bertz CT molecular complexity index is 617. The number of piperidine rings is 1. The van der Waals surface area contributed by atoms with Crippen molar-refractivity contribution in [1.82, 2.24) is 14.7 Å². The van der Waals surface area contributed by atoms with E-state index in [4.69, 9.17) is 6.42 Å². The van der Waals surface area contributed by atoms with E-state index in [-0.39, 0.29) is 11.6 Å². The number of hydrogen-bond acceptors (Lipinski definition) is 5. The van der Waals surface area contributed by atoms with Gasteiger partial charge in [-0.05, 0) is 37.6 Å². The van der Waals surface area contributed by atoms with Gasteiger partial charge in [0.1, 0.15) is 0 Å². The van der Waals surface area contributed by atoms with E-state index in [0.29, 0.717) is 18.3 Å². The molecule has 1 saturated carbocycles. The van der Waals surface area contributed by atoms with Crippen LogP contribution in [0.4, 0.5) is 0 Å². The molecule has 6 heteroatoms. The first-order valence-corrected chi connectivity index (χ1v) is 10.6. The molecule has 0 N–H and O–H groups in total. The van der Waals surface area contributed by atoms with Gasteiger partial charge < -0.3 is 14.7 Å². The third-order valence-electron chi connectivity index (χ3n) is 7.34. The fraction of sp³-hybridized carbons (Fsp3) is 0.857. The molecule has 0 aromatic rings. The Morgan fingerprint density at radius 3 is 2.44 bits per heavy atom.